The summed E-state index contributed by atoms with van der Waals surface area (Å²) >= 11 is 1.43. The van der Waals surface area contributed by atoms with Crippen LogP contribution in [-0.4, -0.2) is 35.9 Å². The summed E-state index contributed by atoms with van der Waals surface area (Å²) in [5, 5.41) is 21.4. The highest BCUT2D eigenvalue weighted by molar-refractivity contribution is 7.98. The lowest BCUT2D eigenvalue weighted by atomic mass is 10.4. The summed E-state index contributed by atoms with van der Waals surface area (Å²) in [4.78, 5) is 10.3. The fraction of sp³-hybridized carbons (Fsp3) is 0.500. The van der Waals surface area contributed by atoms with Crippen LogP contribution in [-0.2, 0) is 0 Å². The molecule has 0 fully saturated rings. The molecule has 1 aromatic rings. The highest BCUT2D eigenvalue weighted by atomic mass is 32.2. The molecule has 0 aromatic carbocycles. The van der Waals surface area contributed by atoms with Crippen LogP contribution in [0.15, 0.2) is 11.2 Å². The fourth-order valence-corrected chi connectivity index (χ4v) is 1.77. The van der Waals surface area contributed by atoms with Crippen molar-refractivity contribution in [1.82, 2.24) is 9.97 Å². The zero-order valence-corrected chi connectivity index (χ0v) is 11.9. The summed E-state index contributed by atoms with van der Waals surface area (Å²) in [5.74, 6) is 1.32. The molecule has 0 unspecified atom stereocenters. The zero-order valence-electron chi connectivity index (χ0n) is 11.1. The van der Waals surface area contributed by atoms with Crippen LogP contribution in [0.3, 0.4) is 0 Å². The van der Waals surface area contributed by atoms with Crippen molar-refractivity contribution in [3.05, 3.63) is 6.07 Å². The molecule has 1 aromatic heterocycles. The first-order valence-electron chi connectivity index (χ1n) is 5.91. The molecule has 1 rings (SSSR count). The molecule has 0 saturated heterocycles. The second-order valence-electron chi connectivity index (χ2n) is 3.70. The Morgan fingerprint density at radius 2 is 2.00 bits per heavy atom. The topological polar surface area (TPSA) is 88.6 Å². The third-order valence-corrected chi connectivity index (χ3v) is 2.83. The van der Waals surface area contributed by atoms with Crippen molar-refractivity contribution in [3.8, 4) is 12.1 Å². The summed E-state index contributed by atoms with van der Waals surface area (Å²) in [7, 11) is 0. The summed E-state index contributed by atoms with van der Waals surface area (Å²) in [6.45, 7) is 3.15. The van der Waals surface area contributed by atoms with Crippen molar-refractivity contribution in [2.75, 3.05) is 36.1 Å². The normalized spacial score (nSPS) is 9.47. The lowest BCUT2D eigenvalue weighted by Gasteiger charge is -2.18. The third kappa shape index (κ3) is 4.65. The molecule has 0 aliphatic heterocycles. The quantitative estimate of drug-likeness (QED) is 0.462. The lowest BCUT2D eigenvalue weighted by Crippen LogP contribution is -2.25. The Bertz CT molecular complexity index is 474. The van der Waals surface area contributed by atoms with Gasteiger partial charge in [-0.3, -0.25) is 0 Å². The predicted molar refractivity (Wildman–Crippen MR) is 76.0 cm³/mol. The lowest BCUT2D eigenvalue weighted by molar-refractivity contribution is 0.872. The average Bonchev–Trinajstić information content (AvgIpc) is 2.44. The number of hydrogen-bond acceptors (Lipinski definition) is 7. The summed E-state index contributed by atoms with van der Waals surface area (Å²) in [6, 6.07) is 5.84. The number of rotatable bonds is 7. The van der Waals surface area contributed by atoms with Crippen LogP contribution in [0.1, 0.15) is 13.3 Å². The maximum absolute atomic E-state index is 8.80. The van der Waals surface area contributed by atoms with Gasteiger partial charge in [-0.15, -0.1) is 0 Å². The van der Waals surface area contributed by atoms with E-state index in [1.807, 2.05) is 18.4 Å². The summed E-state index contributed by atoms with van der Waals surface area (Å²) in [5.41, 5.74) is 0. The molecular formula is C12H16N6S. The van der Waals surface area contributed by atoms with Crippen molar-refractivity contribution in [3.63, 3.8) is 0 Å². The van der Waals surface area contributed by atoms with Gasteiger partial charge in [0, 0.05) is 12.6 Å². The van der Waals surface area contributed by atoms with E-state index in [0.29, 0.717) is 11.0 Å². The maximum atomic E-state index is 8.80. The van der Waals surface area contributed by atoms with E-state index in [1.165, 1.54) is 11.8 Å². The molecule has 0 aliphatic carbocycles. The van der Waals surface area contributed by atoms with Crippen molar-refractivity contribution in [1.29, 1.82) is 10.5 Å². The second-order valence-corrected chi connectivity index (χ2v) is 4.47. The Balaban J connectivity index is 3.03. The Kier molecular flexibility index (Phi) is 6.48. The first-order valence-corrected chi connectivity index (χ1v) is 7.13. The number of hydrogen-bond donors (Lipinski definition) is 1. The fourth-order valence-electron chi connectivity index (χ4n) is 1.40. The largest absolute Gasteiger partial charge is 0.370 e. The molecule has 7 heteroatoms. The van der Waals surface area contributed by atoms with Gasteiger partial charge in [0.05, 0.1) is 12.1 Å². The van der Waals surface area contributed by atoms with E-state index in [1.54, 1.807) is 11.0 Å². The van der Waals surface area contributed by atoms with E-state index < -0.39 is 0 Å². The van der Waals surface area contributed by atoms with E-state index in [9.17, 15) is 0 Å². The highest BCUT2D eigenvalue weighted by Gasteiger charge is 2.11. The minimum atomic E-state index is 0.131. The minimum absolute atomic E-state index is 0.131. The van der Waals surface area contributed by atoms with Crippen molar-refractivity contribution in [2.45, 2.75) is 18.5 Å². The molecule has 0 spiro atoms. The standard InChI is InChI=1S/C12H16N6S/c1-3-6-15-10-9-11(17-12(16-10)19-2)18(7-4-13)8-5-14/h9H,3,6-8H2,1-2H3,(H,15,16,17). The van der Waals surface area contributed by atoms with Crippen LogP contribution in [0, 0.1) is 22.7 Å². The van der Waals surface area contributed by atoms with Crippen molar-refractivity contribution < 1.29 is 0 Å². The highest BCUT2D eigenvalue weighted by Crippen LogP contribution is 2.20. The number of nitrogens with one attached hydrogen (secondary N) is 1. The number of aromatic nitrogens is 2. The molecule has 0 aliphatic rings. The molecule has 0 saturated carbocycles. The number of anilines is 2. The summed E-state index contributed by atoms with van der Waals surface area (Å²) in [6.07, 6.45) is 2.88. The van der Waals surface area contributed by atoms with Crippen LogP contribution < -0.4 is 10.2 Å². The third-order valence-electron chi connectivity index (χ3n) is 2.28. The van der Waals surface area contributed by atoms with Gasteiger partial charge in [0.15, 0.2) is 5.16 Å². The maximum Gasteiger partial charge on any atom is 0.191 e. The Hall–Kier alpha value is -1.99. The molecule has 6 nitrogen and oxygen atoms in total. The van der Waals surface area contributed by atoms with Crippen LogP contribution in [0.5, 0.6) is 0 Å². The van der Waals surface area contributed by atoms with Gasteiger partial charge in [0.2, 0.25) is 0 Å². The zero-order chi connectivity index (χ0) is 14.1. The molecule has 1 heterocycles. The second kappa shape index (κ2) is 8.17. The van der Waals surface area contributed by atoms with Crippen LogP contribution in [0.25, 0.3) is 0 Å². The molecule has 1 N–H and O–H groups in total. The molecule has 19 heavy (non-hydrogen) atoms. The summed E-state index contributed by atoms with van der Waals surface area (Å²) < 4.78 is 0. The van der Waals surface area contributed by atoms with Crippen molar-refractivity contribution >= 4 is 23.4 Å². The SMILES string of the molecule is CCCNc1cc(N(CC#N)CC#N)nc(SC)n1. The van der Waals surface area contributed by atoms with Crippen LogP contribution in [0.4, 0.5) is 11.6 Å². The van der Waals surface area contributed by atoms with Gasteiger partial charge < -0.3 is 10.2 Å². The number of nitriles is 2. The van der Waals surface area contributed by atoms with Gasteiger partial charge in [-0.25, -0.2) is 9.97 Å². The number of thioether (sulfide) groups is 1. The Labute approximate surface area is 117 Å². The number of nitrogens with zero attached hydrogens (tertiary/aromatic N) is 5. The Morgan fingerprint density at radius 1 is 1.32 bits per heavy atom. The van der Waals surface area contributed by atoms with Crippen LogP contribution in [0.2, 0.25) is 0 Å². The van der Waals surface area contributed by atoms with E-state index in [2.05, 4.69) is 22.2 Å². The predicted octanol–water partition coefficient (Wildman–Crippen LogP) is 1.87. The van der Waals surface area contributed by atoms with Crippen molar-refractivity contribution in [2.24, 2.45) is 0 Å². The molecule has 0 bridgehead atoms. The van der Waals surface area contributed by atoms with E-state index in [-0.39, 0.29) is 13.1 Å². The Morgan fingerprint density at radius 3 is 2.53 bits per heavy atom. The van der Waals surface area contributed by atoms with Gasteiger partial charge in [-0.1, -0.05) is 18.7 Å². The van der Waals surface area contributed by atoms with E-state index in [4.69, 9.17) is 10.5 Å². The van der Waals surface area contributed by atoms with E-state index in [0.717, 1.165) is 18.8 Å². The average molecular weight is 276 g/mol. The molecule has 0 atom stereocenters. The van der Waals surface area contributed by atoms with Gasteiger partial charge in [0.1, 0.15) is 24.7 Å². The van der Waals surface area contributed by atoms with Gasteiger partial charge >= 0.3 is 0 Å². The smallest absolute Gasteiger partial charge is 0.191 e. The van der Waals surface area contributed by atoms with E-state index >= 15 is 0 Å². The minimum Gasteiger partial charge on any atom is -0.370 e. The molecule has 0 amide bonds. The van der Waals surface area contributed by atoms with Gasteiger partial charge in [0.25, 0.3) is 0 Å². The first kappa shape index (κ1) is 15.1. The molecule has 0 radical (unpaired) electrons. The molecule has 100 valence electrons. The monoisotopic (exact) mass is 276 g/mol. The molecular weight excluding hydrogens is 260 g/mol. The van der Waals surface area contributed by atoms with Crippen LogP contribution >= 0.6 is 11.8 Å². The first-order chi connectivity index (χ1) is 9.24. The van der Waals surface area contributed by atoms with Gasteiger partial charge in [-0.2, -0.15) is 10.5 Å². The van der Waals surface area contributed by atoms with Gasteiger partial charge in [-0.05, 0) is 12.7 Å².